The molecule has 6 heteroatoms. The number of H-pyrrole nitrogens is 1. The van der Waals surface area contributed by atoms with Crippen molar-refractivity contribution in [3.8, 4) is 0 Å². The van der Waals surface area contributed by atoms with Gasteiger partial charge in [0, 0.05) is 19.5 Å². The van der Waals surface area contributed by atoms with Gasteiger partial charge in [0.1, 0.15) is 0 Å². The molecule has 1 heterocycles. The highest BCUT2D eigenvalue weighted by molar-refractivity contribution is 5.77. The Morgan fingerprint density at radius 1 is 1.19 bits per heavy atom. The van der Waals surface area contributed by atoms with Crippen LogP contribution in [0.2, 0.25) is 0 Å². The predicted octanol–water partition coefficient (Wildman–Crippen LogP) is 1.80. The van der Waals surface area contributed by atoms with E-state index in [0.29, 0.717) is 41.5 Å². The van der Waals surface area contributed by atoms with Crippen LogP contribution in [0.4, 0.5) is 0 Å². The van der Waals surface area contributed by atoms with Crippen LogP contribution in [0.25, 0.3) is 10.9 Å². The molecular formula is C20H23N3O3. The van der Waals surface area contributed by atoms with E-state index in [9.17, 15) is 14.4 Å². The number of aromatic amines is 1. The minimum Gasteiger partial charge on any atom is -0.356 e. The third-order valence-corrected chi connectivity index (χ3v) is 5.65. The first kappa shape index (κ1) is 16.8. The SMILES string of the molecule is O=C(CCCn1c(=O)[nH]c2ccccc2c1=O)NC[C@H]1C[C@@H]2C=C[C@H]1C2. The molecule has 1 amide bonds. The zero-order valence-corrected chi connectivity index (χ0v) is 14.6. The number of nitrogens with one attached hydrogen (secondary N) is 2. The lowest BCUT2D eigenvalue weighted by atomic mass is 9.93. The highest BCUT2D eigenvalue weighted by Gasteiger charge is 2.35. The second-order valence-electron chi connectivity index (χ2n) is 7.38. The van der Waals surface area contributed by atoms with Crippen LogP contribution in [0.15, 0.2) is 46.0 Å². The average molecular weight is 353 g/mol. The van der Waals surface area contributed by atoms with Gasteiger partial charge in [0.25, 0.3) is 5.56 Å². The van der Waals surface area contributed by atoms with Crippen LogP contribution in [-0.2, 0) is 11.3 Å². The first-order valence-corrected chi connectivity index (χ1v) is 9.28. The average Bonchev–Trinajstić information content (AvgIpc) is 3.26. The molecule has 2 aliphatic rings. The Hall–Kier alpha value is -2.63. The molecule has 0 radical (unpaired) electrons. The van der Waals surface area contributed by atoms with E-state index < -0.39 is 5.69 Å². The predicted molar refractivity (Wildman–Crippen MR) is 99.9 cm³/mol. The number of carbonyl (C=O) groups is 1. The first-order valence-electron chi connectivity index (χ1n) is 9.28. The van der Waals surface area contributed by atoms with Gasteiger partial charge in [-0.3, -0.25) is 14.2 Å². The molecule has 3 atom stereocenters. The fourth-order valence-corrected chi connectivity index (χ4v) is 4.26. The summed E-state index contributed by atoms with van der Waals surface area (Å²) in [4.78, 5) is 39.3. The molecule has 1 saturated carbocycles. The summed E-state index contributed by atoms with van der Waals surface area (Å²) in [6.07, 6.45) is 7.75. The first-order chi connectivity index (χ1) is 12.6. The van der Waals surface area contributed by atoms with E-state index in [0.717, 1.165) is 6.54 Å². The van der Waals surface area contributed by atoms with Gasteiger partial charge in [-0.2, -0.15) is 0 Å². The Balaban J connectivity index is 1.31. The molecule has 26 heavy (non-hydrogen) atoms. The van der Waals surface area contributed by atoms with Gasteiger partial charge in [-0.25, -0.2) is 4.79 Å². The second-order valence-corrected chi connectivity index (χ2v) is 7.38. The van der Waals surface area contributed by atoms with E-state index in [4.69, 9.17) is 0 Å². The van der Waals surface area contributed by atoms with Gasteiger partial charge in [-0.05, 0) is 49.1 Å². The Morgan fingerprint density at radius 2 is 2.04 bits per heavy atom. The Labute approximate surface area is 150 Å². The lowest BCUT2D eigenvalue weighted by Gasteiger charge is -2.18. The monoisotopic (exact) mass is 353 g/mol. The van der Waals surface area contributed by atoms with Crippen molar-refractivity contribution in [2.45, 2.75) is 32.2 Å². The molecular weight excluding hydrogens is 330 g/mol. The highest BCUT2D eigenvalue weighted by Crippen LogP contribution is 2.42. The lowest BCUT2D eigenvalue weighted by molar-refractivity contribution is -0.121. The van der Waals surface area contributed by atoms with Crippen LogP contribution in [0.1, 0.15) is 25.7 Å². The summed E-state index contributed by atoms with van der Waals surface area (Å²) in [5.41, 5.74) is -0.196. The van der Waals surface area contributed by atoms with Crippen molar-refractivity contribution < 1.29 is 4.79 Å². The van der Waals surface area contributed by atoms with E-state index in [1.807, 2.05) is 0 Å². The number of hydrogen-bond donors (Lipinski definition) is 2. The van der Waals surface area contributed by atoms with E-state index in [-0.39, 0.29) is 18.0 Å². The van der Waals surface area contributed by atoms with Gasteiger partial charge in [0.05, 0.1) is 10.9 Å². The van der Waals surface area contributed by atoms with Crippen molar-refractivity contribution in [3.63, 3.8) is 0 Å². The molecule has 136 valence electrons. The van der Waals surface area contributed by atoms with Crippen LogP contribution in [-0.4, -0.2) is 22.0 Å². The summed E-state index contributed by atoms with van der Waals surface area (Å²) in [7, 11) is 0. The summed E-state index contributed by atoms with van der Waals surface area (Å²) in [6.45, 7) is 0.962. The molecule has 4 rings (SSSR count). The summed E-state index contributed by atoms with van der Waals surface area (Å²) >= 11 is 0. The van der Waals surface area contributed by atoms with E-state index in [1.54, 1.807) is 24.3 Å². The normalized spacial score (nSPS) is 23.6. The fraction of sp³-hybridized carbons (Fsp3) is 0.450. The number of amides is 1. The number of allylic oxidation sites excluding steroid dienone is 2. The Kier molecular flexibility index (Phi) is 4.49. The summed E-state index contributed by atoms with van der Waals surface area (Å²) in [5.74, 6) is 1.87. The van der Waals surface area contributed by atoms with Crippen molar-refractivity contribution >= 4 is 16.8 Å². The number of hydrogen-bond acceptors (Lipinski definition) is 3. The maximum Gasteiger partial charge on any atom is 0.328 e. The number of fused-ring (bicyclic) bond motifs is 3. The van der Waals surface area contributed by atoms with Crippen LogP contribution in [0.5, 0.6) is 0 Å². The number of benzene rings is 1. The van der Waals surface area contributed by atoms with Crippen LogP contribution < -0.4 is 16.6 Å². The minimum absolute atomic E-state index is 0.0120. The van der Waals surface area contributed by atoms with E-state index >= 15 is 0 Å². The molecule has 0 aliphatic heterocycles. The van der Waals surface area contributed by atoms with Gasteiger partial charge in [-0.15, -0.1) is 0 Å². The number of carbonyl (C=O) groups excluding carboxylic acids is 1. The van der Waals surface area contributed by atoms with E-state index in [2.05, 4.69) is 22.5 Å². The van der Waals surface area contributed by atoms with Crippen molar-refractivity contribution in [1.82, 2.24) is 14.9 Å². The number of aromatic nitrogens is 2. The van der Waals surface area contributed by atoms with Crippen LogP contribution >= 0.6 is 0 Å². The third kappa shape index (κ3) is 3.23. The third-order valence-electron chi connectivity index (χ3n) is 5.65. The van der Waals surface area contributed by atoms with Crippen molar-refractivity contribution in [1.29, 1.82) is 0 Å². The van der Waals surface area contributed by atoms with Crippen molar-refractivity contribution in [3.05, 3.63) is 57.3 Å². The second kappa shape index (κ2) is 6.94. The quantitative estimate of drug-likeness (QED) is 0.777. The molecule has 1 aromatic carbocycles. The Morgan fingerprint density at radius 3 is 2.81 bits per heavy atom. The van der Waals surface area contributed by atoms with Gasteiger partial charge in [0.15, 0.2) is 0 Å². The lowest BCUT2D eigenvalue weighted by Crippen LogP contribution is -2.35. The summed E-state index contributed by atoms with van der Waals surface area (Å²) in [5, 5.41) is 3.50. The molecule has 6 nitrogen and oxygen atoms in total. The smallest absolute Gasteiger partial charge is 0.328 e. The van der Waals surface area contributed by atoms with Gasteiger partial charge < -0.3 is 10.3 Å². The molecule has 0 saturated heterocycles. The molecule has 2 N–H and O–H groups in total. The molecule has 2 aromatic rings. The van der Waals surface area contributed by atoms with Gasteiger partial charge in [-0.1, -0.05) is 24.3 Å². The topological polar surface area (TPSA) is 84.0 Å². The summed E-state index contributed by atoms with van der Waals surface area (Å²) < 4.78 is 1.18. The molecule has 2 aliphatic carbocycles. The molecule has 0 spiro atoms. The standard InChI is InChI=1S/C20H23N3O3/c24-18(21-12-15-11-13-7-8-14(15)10-13)6-3-9-23-19(25)16-4-1-2-5-17(16)22-20(23)26/h1-2,4-5,7-8,13-15H,3,6,9-12H2,(H,21,24)(H,22,26)/t13-,14+,15-/m1/s1. The van der Waals surface area contributed by atoms with Crippen molar-refractivity contribution in [2.75, 3.05) is 6.54 Å². The fourth-order valence-electron chi connectivity index (χ4n) is 4.26. The maximum absolute atomic E-state index is 12.4. The maximum atomic E-state index is 12.4. The Bertz CT molecular complexity index is 972. The van der Waals surface area contributed by atoms with Crippen LogP contribution in [0.3, 0.4) is 0 Å². The highest BCUT2D eigenvalue weighted by atomic mass is 16.2. The number of rotatable bonds is 6. The molecule has 1 fully saturated rings. The molecule has 0 unspecified atom stereocenters. The zero-order chi connectivity index (χ0) is 18.1. The van der Waals surface area contributed by atoms with Crippen molar-refractivity contribution in [2.24, 2.45) is 17.8 Å². The number of nitrogens with zero attached hydrogens (tertiary/aromatic N) is 1. The minimum atomic E-state index is -0.428. The number of para-hydroxylation sites is 1. The van der Waals surface area contributed by atoms with Gasteiger partial charge >= 0.3 is 5.69 Å². The summed E-state index contributed by atoms with van der Waals surface area (Å²) in [6, 6.07) is 6.95. The van der Waals surface area contributed by atoms with Crippen LogP contribution in [0, 0.1) is 17.8 Å². The molecule has 1 aromatic heterocycles. The molecule has 2 bridgehead atoms. The zero-order valence-electron chi connectivity index (χ0n) is 14.6. The van der Waals surface area contributed by atoms with Gasteiger partial charge in [0.2, 0.25) is 5.91 Å². The largest absolute Gasteiger partial charge is 0.356 e. The van der Waals surface area contributed by atoms with E-state index in [1.165, 1.54) is 17.4 Å².